The maximum Gasteiger partial charge on any atom is 0.335 e. The minimum absolute atomic E-state index is 0.123. The summed E-state index contributed by atoms with van der Waals surface area (Å²) < 4.78 is 4.49. The molecule has 0 unspecified atom stereocenters. The molecule has 0 fully saturated rings. The molecule has 0 spiro atoms. The molecule has 0 amide bonds. The molecule has 0 bridgehead atoms. The molecule has 5 heteroatoms. The molecule has 0 aromatic rings. The van der Waals surface area contributed by atoms with Crippen LogP contribution in [0.1, 0.15) is 6.42 Å². The van der Waals surface area contributed by atoms with Gasteiger partial charge in [-0.05, 0) is 0 Å². The molecule has 0 saturated heterocycles. The molecule has 13 heavy (non-hydrogen) atoms. The van der Waals surface area contributed by atoms with Crippen molar-refractivity contribution in [1.29, 1.82) is 0 Å². The average Bonchev–Trinajstić information content (AvgIpc) is 2.12. The number of ether oxygens (including phenoxy) is 1. The summed E-state index contributed by atoms with van der Waals surface area (Å²) in [6.45, 7) is 0. The van der Waals surface area contributed by atoms with Crippen LogP contribution in [0, 0.1) is 0 Å². The molecule has 1 aliphatic heterocycles. The van der Waals surface area contributed by atoms with Crippen LogP contribution in [0.25, 0.3) is 0 Å². The highest BCUT2D eigenvalue weighted by Gasteiger charge is 2.28. The van der Waals surface area contributed by atoms with E-state index in [1.807, 2.05) is 0 Å². The number of esters is 1. The van der Waals surface area contributed by atoms with Crippen molar-refractivity contribution in [2.45, 2.75) is 18.8 Å². The maximum atomic E-state index is 11.1. The van der Waals surface area contributed by atoms with E-state index in [9.17, 15) is 15.0 Å². The summed E-state index contributed by atoms with van der Waals surface area (Å²) in [6, 6.07) is 0. The second kappa shape index (κ2) is 3.76. The summed E-state index contributed by atoms with van der Waals surface area (Å²) in [4.78, 5) is 12.4. The van der Waals surface area contributed by atoms with Gasteiger partial charge in [0.2, 0.25) is 0 Å². The van der Waals surface area contributed by atoms with Crippen molar-refractivity contribution in [2.75, 3.05) is 14.2 Å². The van der Waals surface area contributed by atoms with Crippen molar-refractivity contribution < 1.29 is 19.7 Å². The Bertz CT molecular complexity index is 238. The summed E-state index contributed by atoms with van der Waals surface area (Å²) in [5.74, 6) is -0.474. The molecular formula is C8H13NO4. The van der Waals surface area contributed by atoms with Gasteiger partial charge in [-0.3, -0.25) is 0 Å². The van der Waals surface area contributed by atoms with Crippen LogP contribution in [0.4, 0.5) is 0 Å². The van der Waals surface area contributed by atoms with Crippen molar-refractivity contribution in [2.24, 2.45) is 0 Å². The van der Waals surface area contributed by atoms with Crippen molar-refractivity contribution in [1.82, 2.24) is 4.90 Å². The van der Waals surface area contributed by atoms with Crippen LogP contribution in [0.15, 0.2) is 11.8 Å². The van der Waals surface area contributed by atoms with E-state index >= 15 is 0 Å². The molecule has 2 atom stereocenters. The van der Waals surface area contributed by atoms with Gasteiger partial charge in [-0.15, -0.1) is 0 Å². The molecule has 0 aliphatic carbocycles. The number of carbonyl (C=O) groups excluding carboxylic acids is 1. The summed E-state index contributed by atoms with van der Waals surface area (Å²) in [5.41, 5.74) is 0.364. The first-order valence-corrected chi connectivity index (χ1v) is 3.93. The minimum atomic E-state index is -0.951. The molecule has 1 aliphatic rings. The summed E-state index contributed by atoms with van der Waals surface area (Å²) >= 11 is 0. The normalized spacial score (nSPS) is 28.3. The number of aliphatic hydroxyl groups is 2. The number of carbonyl (C=O) groups is 1. The highest BCUT2D eigenvalue weighted by Crippen LogP contribution is 2.18. The van der Waals surface area contributed by atoms with Gasteiger partial charge in [0.1, 0.15) is 6.10 Å². The predicted molar refractivity (Wildman–Crippen MR) is 44.5 cm³/mol. The zero-order chi connectivity index (χ0) is 10.0. The lowest BCUT2D eigenvalue weighted by atomic mass is 10.0. The van der Waals surface area contributed by atoms with Gasteiger partial charge in [0, 0.05) is 19.7 Å². The lowest BCUT2D eigenvalue weighted by Gasteiger charge is -2.31. The first kappa shape index (κ1) is 10.0. The fourth-order valence-electron chi connectivity index (χ4n) is 1.24. The van der Waals surface area contributed by atoms with Gasteiger partial charge in [0.15, 0.2) is 6.23 Å². The van der Waals surface area contributed by atoms with Crippen molar-refractivity contribution in [3.63, 3.8) is 0 Å². The average molecular weight is 187 g/mol. The van der Waals surface area contributed by atoms with Crippen LogP contribution in [0.3, 0.4) is 0 Å². The Hall–Kier alpha value is -1.07. The monoisotopic (exact) mass is 187 g/mol. The topological polar surface area (TPSA) is 70.0 Å². The third-order valence-corrected chi connectivity index (χ3v) is 2.00. The smallest absolute Gasteiger partial charge is 0.335 e. The Balaban J connectivity index is 2.78. The predicted octanol–water partition coefficient (Wildman–Crippen LogP) is -0.942. The largest absolute Gasteiger partial charge is 0.466 e. The summed E-state index contributed by atoms with van der Waals surface area (Å²) in [5, 5.41) is 18.6. The summed E-state index contributed by atoms with van der Waals surface area (Å²) in [6.07, 6.45) is -0.293. The zero-order valence-corrected chi connectivity index (χ0v) is 7.60. The van der Waals surface area contributed by atoms with Gasteiger partial charge in [-0.2, -0.15) is 0 Å². The second-order valence-corrected chi connectivity index (χ2v) is 3.00. The van der Waals surface area contributed by atoms with Gasteiger partial charge in [0.05, 0.1) is 12.7 Å². The fourth-order valence-corrected chi connectivity index (χ4v) is 1.24. The second-order valence-electron chi connectivity index (χ2n) is 3.00. The van der Waals surface area contributed by atoms with E-state index in [2.05, 4.69) is 4.74 Å². The first-order valence-electron chi connectivity index (χ1n) is 3.93. The molecular weight excluding hydrogens is 174 g/mol. The highest BCUT2D eigenvalue weighted by atomic mass is 16.5. The van der Waals surface area contributed by atoms with E-state index in [4.69, 9.17) is 0 Å². The third kappa shape index (κ3) is 1.99. The van der Waals surface area contributed by atoms with Crippen molar-refractivity contribution >= 4 is 5.97 Å². The fraction of sp³-hybridized carbons (Fsp3) is 0.625. The molecule has 5 nitrogen and oxygen atoms in total. The Labute approximate surface area is 76.2 Å². The lowest BCUT2D eigenvalue weighted by Crippen LogP contribution is -2.42. The molecule has 1 heterocycles. The van der Waals surface area contributed by atoms with E-state index in [0.29, 0.717) is 5.57 Å². The van der Waals surface area contributed by atoms with Gasteiger partial charge in [-0.1, -0.05) is 0 Å². The number of hydrogen-bond acceptors (Lipinski definition) is 5. The van der Waals surface area contributed by atoms with E-state index in [1.54, 1.807) is 7.05 Å². The zero-order valence-electron chi connectivity index (χ0n) is 7.60. The van der Waals surface area contributed by atoms with Crippen LogP contribution in [0.2, 0.25) is 0 Å². The summed E-state index contributed by atoms with van der Waals surface area (Å²) in [7, 11) is 2.86. The molecule has 0 aromatic carbocycles. The van der Waals surface area contributed by atoms with Gasteiger partial charge >= 0.3 is 5.97 Å². The standard InChI is InChI=1S/C8H13NO4/c1-9-4-5(8(12)13-2)3-6(10)7(9)11/h4,6-7,10-11H,3H2,1-2H3/t6-,7-/m0/s1. The maximum absolute atomic E-state index is 11.1. The van der Waals surface area contributed by atoms with Crippen molar-refractivity contribution in [3.8, 4) is 0 Å². The van der Waals surface area contributed by atoms with Gasteiger partial charge in [-0.25, -0.2) is 4.79 Å². The number of aliphatic hydroxyl groups excluding tert-OH is 2. The van der Waals surface area contributed by atoms with Gasteiger partial charge in [0.25, 0.3) is 0 Å². The highest BCUT2D eigenvalue weighted by molar-refractivity contribution is 5.88. The van der Waals surface area contributed by atoms with Crippen molar-refractivity contribution in [3.05, 3.63) is 11.8 Å². The number of hydrogen-bond donors (Lipinski definition) is 2. The van der Waals surface area contributed by atoms with Crippen LogP contribution in [-0.4, -0.2) is 47.6 Å². The molecule has 0 radical (unpaired) electrons. The van der Waals surface area contributed by atoms with Gasteiger partial charge < -0.3 is 19.8 Å². The Kier molecular flexibility index (Phi) is 2.90. The Morgan fingerprint density at radius 3 is 2.77 bits per heavy atom. The molecule has 1 rings (SSSR count). The number of rotatable bonds is 1. The van der Waals surface area contributed by atoms with E-state index in [-0.39, 0.29) is 6.42 Å². The quantitative estimate of drug-likeness (QED) is 0.518. The molecule has 2 N–H and O–H groups in total. The Morgan fingerprint density at radius 2 is 2.31 bits per heavy atom. The third-order valence-electron chi connectivity index (χ3n) is 2.00. The molecule has 0 aromatic heterocycles. The van der Waals surface area contributed by atoms with E-state index in [1.165, 1.54) is 18.2 Å². The van der Waals surface area contributed by atoms with E-state index in [0.717, 1.165) is 0 Å². The number of nitrogens with zero attached hydrogens (tertiary/aromatic N) is 1. The first-order chi connectivity index (χ1) is 6.06. The minimum Gasteiger partial charge on any atom is -0.466 e. The molecule has 74 valence electrons. The number of likely N-dealkylation sites (N-methyl/N-ethyl adjacent to an activating group) is 1. The van der Waals surface area contributed by atoms with Crippen LogP contribution in [0.5, 0.6) is 0 Å². The SMILES string of the molecule is COC(=O)C1=CN(C)[C@@H](O)[C@@H](O)C1. The lowest BCUT2D eigenvalue weighted by molar-refractivity contribution is -0.138. The van der Waals surface area contributed by atoms with Crippen LogP contribution < -0.4 is 0 Å². The Morgan fingerprint density at radius 1 is 1.69 bits per heavy atom. The van der Waals surface area contributed by atoms with Crippen LogP contribution >= 0.6 is 0 Å². The number of methoxy groups -OCH3 is 1. The molecule has 0 saturated carbocycles. The van der Waals surface area contributed by atoms with E-state index < -0.39 is 18.3 Å². The van der Waals surface area contributed by atoms with Crippen LogP contribution in [-0.2, 0) is 9.53 Å².